The van der Waals surface area contributed by atoms with Crippen molar-refractivity contribution in [2.24, 2.45) is 34.5 Å². The van der Waals surface area contributed by atoms with Gasteiger partial charge in [-0.15, -0.1) is 0 Å². The van der Waals surface area contributed by atoms with Crippen LogP contribution in [0.25, 0.3) is 0 Å². The van der Waals surface area contributed by atoms with E-state index in [1.807, 2.05) is 19.9 Å². The summed E-state index contributed by atoms with van der Waals surface area (Å²) < 4.78 is 16.8. The summed E-state index contributed by atoms with van der Waals surface area (Å²) in [6.07, 6.45) is 16.9. The number of carbonyl (C=O) groups excluding carboxylic acids is 2. The van der Waals surface area contributed by atoms with Gasteiger partial charge in [0.25, 0.3) is 0 Å². The topological polar surface area (TPSA) is 61.8 Å². The Balaban J connectivity index is 1.53. The summed E-state index contributed by atoms with van der Waals surface area (Å²) >= 11 is 0. The van der Waals surface area contributed by atoms with Gasteiger partial charge in [0.05, 0.1) is 19.0 Å². The Labute approximate surface area is 211 Å². The van der Waals surface area contributed by atoms with Crippen LogP contribution in [0.4, 0.5) is 0 Å². The highest BCUT2D eigenvalue weighted by Crippen LogP contribution is 2.67. The van der Waals surface area contributed by atoms with E-state index >= 15 is 0 Å². The van der Waals surface area contributed by atoms with Crippen molar-refractivity contribution in [3.63, 3.8) is 0 Å². The third-order valence-corrected chi connectivity index (χ3v) is 9.83. The number of hydrogen-bond donors (Lipinski definition) is 0. The molecule has 0 aliphatic heterocycles. The first-order valence-corrected chi connectivity index (χ1v) is 13.8. The predicted molar refractivity (Wildman–Crippen MR) is 136 cm³/mol. The number of esters is 2. The zero-order valence-electron chi connectivity index (χ0n) is 22.3. The van der Waals surface area contributed by atoms with Crippen LogP contribution in [0.5, 0.6) is 0 Å². The minimum absolute atomic E-state index is 0.0506. The Morgan fingerprint density at radius 1 is 1.03 bits per heavy atom. The fourth-order valence-corrected chi connectivity index (χ4v) is 8.27. The molecule has 0 heterocycles. The fraction of sp³-hybridized carbons (Fsp3) is 0.733. The summed E-state index contributed by atoms with van der Waals surface area (Å²) in [6, 6.07) is 0. The van der Waals surface area contributed by atoms with Crippen LogP contribution in [0.1, 0.15) is 86.0 Å². The lowest BCUT2D eigenvalue weighted by Gasteiger charge is -2.58. The monoisotopic (exact) mass is 484 g/mol. The predicted octanol–water partition coefficient (Wildman–Crippen LogP) is 6.54. The molecule has 3 fully saturated rings. The Morgan fingerprint density at radius 2 is 1.80 bits per heavy atom. The van der Waals surface area contributed by atoms with Crippen LogP contribution in [0, 0.1) is 34.5 Å². The smallest absolute Gasteiger partial charge is 0.330 e. The van der Waals surface area contributed by atoms with Crippen molar-refractivity contribution in [1.29, 1.82) is 0 Å². The van der Waals surface area contributed by atoms with E-state index in [0.29, 0.717) is 36.9 Å². The lowest BCUT2D eigenvalue weighted by molar-refractivity contribution is -0.148. The van der Waals surface area contributed by atoms with E-state index in [2.05, 4.69) is 19.9 Å². The average molecular weight is 485 g/mol. The van der Waals surface area contributed by atoms with Gasteiger partial charge in [-0.3, -0.25) is 4.79 Å². The average Bonchev–Trinajstić information content (AvgIpc) is 3.16. The number of rotatable bonds is 7. The number of carbonyl (C=O) groups is 2. The second-order valence-corrected chi connectivity index (χ2v) is 11.5. The number of fused-ring (bicyclic) bond motifs is 5. The quantitative estimate of drug-likeness (QED) is 0.135. The summed E-state index contributed by atoms with van der Waals surface area (Å²) in [6.45, 7) is 11.4. The first kappa shape index (κ1) is 26.0. The normalized spacial score (nSPS) is 38.7. The van der Waals surface area contributed by atoms with Crippen LogP contribution in [-0.2, 0) is 23.8 Å². The van der Waals surface area contributed by atoms with Gasteiger partial charge in [-0.2, -0.15) is 0 Å². The molecule has 0 spiro atoms. The maximum atomic E-state index is 11.8. The molecule has 0 radical (unpaired) electrons. The van der Waals surface area contributed by atoms with Gasteiger partial charge in [0.15, 0.2) is 0 Å². The van der Waals surface area contributed by atoms with E-state index in [1.165, 1.54) is 37.8 Å². The number of ether oxygens (including phenoxy) is 3. The van der Waals surface area contributed by atoms with Crippen molar-refractivity contribution < 1.29 is 23.8 Å². The molecule has 0 aromatic carbocycles. The summed E-state index contributed by atoms with van der Waals surface area (Å²) in [4.78, 5) is 23.3. The van der Waals surface area contributed by atoms with E-state index in [-0.39, 0.29) is 28.9 Å². The highest BCUT2D eigenvalue weighted by atomic mass is 16.5. The second kappa shape index (κ2) is 10.5. The van der Waals surface area contributed by atoms with E-state index in [4.69, 9.17) is 14.2 Å². The van der Waals surface area contributed by atoms with Gasteiger partial charge >= 0.3 is 11.9 Å². The van der Waals surface area contributed by atoms with Crippen molar-refractivity contribution in [2.45, 2.75) is 92.1 Å². The maximum Gasteiger partial charge on any atom is 0.330 e. The minimum Gasteiger partial charge on any atom is -0.498 e. The van der Waals surface area contributed by atoms with Gasteiger partial charge in [0.2, 0.25) is 0 Å². The van der Waals surface area contributed by atoms with Gasteiger partial charge in [-0.05, 0) is 93.5 Å². The van der Waals surface area contributed by atoms with Gasteiger partial charge in [0, 0.05) is 25.3 Å². The molecule has 3 saturated carbocycles. The molecule has 5 heteroatoms. The van der Waals surface area contributed by atoms with Crippen molar-refractivity contribution in [3.8, 4) is 0 Å². The third kappa shape index (κ3) is 4.97. The van der Waals surface area contributed by atoms with E-state index < -0.39 is 0 Å². The maximum absolute atomic E-state index is 11.8. The zero-order valence-corrected chi connectivity index (χ0v) is 22.3. The number of hydrogen-bond acceptors (Lipinski definition) is 5. The minimum atomic E-state index is -0.308. The molecule has 0 saturated heterocycles. The molecule has 4 aliphatic rings. The van der Waals surface area contributed by atoms with Crippen LogP contribution in [0.2, 0.25) is 0 Å². The molecule has 0 unspecified atom stereocenters. The summed E-state index contributed by atoms with van der Waals surface area (Å²) in [5.41, 5.74) is 1.99. The van der Waals surface area contributed by atoms with E-state index in [0.717, 1.165) is 37.9 Å². The van der Waals surface area contributed by atoms with Gasteiger partial charge in [-0.1, -0.05) is 31.6 Å². The molecule has 0 N–H and O–H groups in total. The van der Waals surface area contributed by atoms with Crippen LogP contribution in [0.15, 0.2) is 35.6 Å². The van der Waals surface area contributed by atoms with E-state index in [1.54, 1.807) is 6.08 Å². The zero-order chi connectivity index (χ0) is 25.2. The molecule has 0 amide bonds. The van der Waals surface area contributed by atoms with Crippen molar-refractivity contribution >= 4 is 11.9 Å². The van der Waals surface area contributed by atoms with Crippen molar-refractivity contribution in [3.05, 3.63) is 35.6 Å². The Hall–Kier alpha value is -2.04. The molecular formula is C30H44O5. The molecule has 4 aliphatic carbocycles. The molecule has 0 bridgehead atoms. The molecule has 0 aromatic heterocycles. The van der Waals surface area contributed by atoms with Gasteiger partial charge in [-0.25, -0.2) is 4.79 Å². The summed E-state index contributed by atoms with van der Waals surface area (Å²) in [7, 11) is 0. The lowest BCUT2D eigenvalue weighted by Crippen LogP contribution is -2.50. The van der Waals surface area contributed by atoms with Crippen LogP contribution < -0.4 is 0 Å². The molecule has 7 atom stereocenters. The fourth-order valence-electron chi connectivity index (χ4n) is 8.27. The largest absolute Gasteiger partial charge is 0.498 e. The Morgan fingerprint density at radius 3 is 2.51 bits per heavy atom. The lowest BCUT2D eigenvalue weighted by atomic mass is 9.47. The molecule has 4 rings (SSSR count). The van der Waals surface area contributed by atoms with Gasteiger partial charge in [0.1, 0.15) is 6.10 Å². The molecule has 0 aromatic rings. The molecule has 35 heavy (non-hydrogen) atoms. The first-order chi connectivity index (χ1) is 16.7. The van der Waals surface area contributed by atoms with Crippen LogP contribution >= 0.6 is 0 Å². The third-order valence-electron chi connectivity index (χ3n) is 9.83. The van der Waals surface area contributed by atoms with Crippen molar-refractivity contribution in [1.82, 2.24) is 0 Å². The Bertz CT molecular complexity index is 900. The van der Waals surface area contributed by atoms with Gasteiger partial charge < -0.3 is 14.2 Å². The highest BCUT2D eigenvalue weighted by Gasteiger charge is 2.59. The molecule has 194 valence electrons. The first-order valence-electron chi connectivity index (χ1n) is 13.8. The summed E-state index contributed by atoms with van der Waals surface area (Å²) in [5, 5.41) is 0. The Kier molecular flexibility index (Phi) is 7.83. The highest BCUT2D eigenvalue weighted by molar-refractivity contribution is 5.82. The summed E-state index contributed by atoms with van der Waals surface area (Å²) in [5.74, 6) is 3.04. The van der Waals surface area contributed by atoms with Crippen LogP contribution in [-0.4, -0.2) is 31.3 Å². The molecular weight excluding hydrogens is 440 g/mol. The van der Waals surface area contributed by atoms with Crippen LogP contribution in [0.3, 0.4) is 0 Å². The SMILES string of the molecule is CCOC(=O)/C=C/C=C(\OCC)[C@H]1CC[C@H]2[C@@H]3CC=C4C[C@@H](OC(C)=O)CC[C@]4(C)[C@H]3CC[C@]12C. The van der Waals surface area contributed by atoms with Crippen molar-refractivity contribution in [2.75, 3.05) is 13.2 Å². The van der Waals surface area contributed by atoms with E-state index in [9.17, 15) is 9.59 Å². The second-order valence-electron chi connectivity index (χ2n) is 11.5. The molecule has 5 nitrogen and oxygen atoms in total. The number of allylic oxidation sites excluding steroid dienone is 4. The standard InChI is InChI=1S/C30H44O5/c1-6-33-27(9-8-10-28(32)34-7-2)26-14-13-24-23-12-11-21-19-22(35-20(3)31)15-17-29(21,4)25(23)16-18-30(24,26)5/h8-11,22-26H,6-7,12-19H2,1-5H3/b10-8+,27-9-/t22-,23-,24-,25-,26+,29-,30-/m0/s1.